The highest BCUT2D eigenvalue weighted by Gasteiger charge is 2.23. The first kappa shape index (κ1) is 20.7. The zero-order chi connectivity index (χ0) is 19.8. The lowest BCUT2D eigenvalue weighted by Crippen LogP contribution is -2.38. The summed E-state index contributed by atoms with van der Waals surface area (Å²) in [6, 6.07) is 6.66. The van der Waals surface area contributed by atoms with Crippen molar-refractivity contribution in [2.45, 2.75) is 20.3 Å². The minimum absolute atomic E-state index is 0.135. The van der Waals surface area contributed by atoms with Crippen molar-refractivity contribution in [3.05, 3.63) is 29.8 Å². The third kappa shape index (κ3) is 5.68. The Balaban J connectivity index is 2.07. The Morgan fingerprint density at radius 1 is 1.33 bits per heavy atom. The first-order chi connectivity index (χ1) is 12.9. The molecule has 0 radical (unpaired) electrons. The lowest BCUT2D eigenvalue weighted by atomic mass is 10.1. The Bertz CT molecular complexity index is 662. The molecule has 1 aromatic rings. The molecule has 1 atom stereocenters. The van der Waals surface area contributed by atoms with E-state index in [-0.39, 0.29) is 18.5 Å². The molecule has 1 aliphatic rings. The summed E-state index contributed by atoms with van der Waals surface area (Å²) < 4.78 is 5.31. The number of hydrogen-bond acceptors (Lipinski definition) is 4. The van der Waals surface area contributed by atoms with Crippen molar-refractivity contribution in [1.29, 1.82) is 0 Å². The Morgan fingerprint density at radius 3 is 2.59 bits per heavy atom. The maximum Gasteiger partial charge on any atom is 0.321 e. The SMILES string of the molecule is CCOCCCN(CC(C)C(=O)O)C(=O)c1ccc(N2CCNC2=O)cc1. The first-order valence-electron chi connectivity index (χ1n) is 9.19. The number of carbonyl (C=O) groups excluding carboxylic acids is 2. The van der Waals surface area contributed by atoms with Crippen LogP contribution in [0.5, 0.6) is 0 Å². The molecule has 27 heavy (non-hydrogen) atoms. The number of benzene rings is 1. The van der Waals surface area contributed by atoms with Crippen LogP contribution in [0, 0.1) is 5.92 Å². The monoisotopic (exact) mass is 377 g/mol. The summed E-state index contributed by atoms with van der Waals surface area (Å²) in [5.41, 5.74) is 1.19. The highest BCUT2D eigenvalue weighted by atomic mass is 16.5. The molecule has 1 aromatic carbocycles. The fourth-order valence-corrected chi connectivity index (χ4v) is 2.87. The van der Waals surface area contributed by atoms with Crippen LogP contribution in [0.25, 0.3) is 0 Å². The Hall–Kier alpha value is -2.61. The molecule has 0 saturated carbocycles. The minimum Gasteiger partial charge on any atom is -0.481 e. The van der Waals surface area contributed by atoms with Gasteiger partial charge in [0.2, 0.25) is 0 Å². The maximum absolute atomic E-state index is 12.9. The van der Waals surface area contributed by atoms with Crippen LogP contribution in [0.4, 0.5) is 10.5 Å². The number of carboxylic acid groups (broad SMARTS) is 1. The van der Waals surface area contributed by atoms with Crippen molar-refractivity contribution in [2.24, 2.45) is 5.92 Å². The van der Waals surface area contributed by atoms with Crippen molar-refractivity contribution >= 4 is 23.6 Å². The number of aliphatic carboxylic acids is 1. The number of nitrogens with zero attached hydrogens (tertiary/aromatic N) is 2. The third-order valence-corrected chi connectivity index (χ3v) is 4.41. The summed E-state index contributed by atoms with van der Waals surface area (Å²) in [7, 11) is 0. The molecular formula is C19H27N3O5. The number of rotatable bonds is 10. The van der Waals surface area contributed by atoms with E-state index in [0.717, 1.165) is 5.69 Å². The number of ether oxygens (including phenoxy) is 1. The van der Waals surface area contributed by atoms with Crippen LogP contribution in [-0.2, 0) is 9.53 Å². The molecule has 1 fully saturated rings. The molecule has 0 aromatic heterocycles. The van der Waals surface area contributed by atoms with E-state index in [1.807, 2.05) is 6.92 Å². The van der Waals surface area contributed by atoms with Crippen molar-refractivity contribution in [3.63, 3.8) is 0 Å². The normalized spacial score (nSPS) is 14.7. The summed E-state index contributed by atoms with van der Waals surface area (Å²) in [5, 5.41) is 11.9. The van der Waals surface area contributed by atoms with Crippen LogP contribution in [0.3, 0.4) is 0 Å². The molecule has 1 aliphatic heterocycles. The summed E-state index contributed by atoms with van der Waals surface area (Å²) >= 11 is 0. The van der Waals surface area contributed by atoms with Gasteiger partial charge in [0.15, 0.2) is 0 Å². The van der Waals surface area contributed by atoms with Crippen molar-refractivity contribution < 1.29 is 24.2 Å². The lowest BCUT2D eigenvalue weighted by molar-refractivity contribution is -0.141. The van der Waals surface area contributed by atoms with Gasteiger partial charge in [-0.2, -0.15) is 0 Å². The van der Waals surface area contributed by atoms with Gasteiger partial charge in [-0.1, -0.05) is 6.92 Å². The van der Waals surface area contributed by atoms with E-state index in [1.165, 1.54) is 0 Å². The average Bonchev–Trinajstić information content (AvgIpc) is 3.09. The summed E-state index contributed by atoms with van der Waals surface area (Å²) in [4.78, 5) is 38.9. The molecule has 0 spiro atoms. The van der Waals surface area contributed by atoms with Gasteiger partial charge in [-0.05, 0) is 37.6 Å². The van der Waals surface area contributed by atoms with Gasteiger partial charge in [-0.3, -0.25) is 14.5 Å². The highest BCUT2D eigenvalue weighted by Crippen LogP contribution is 2.18. The smallest absolute Gasteiger partial charge is 0.321 e. The number of amides is 3. The molecule has 1 heterocycles. The molecular weight excluding hydrogens is 350 g/mol. The van der Waals surface area contributed by atoms with Gasteiger partial charge in [-0.15, -0.1) is 0 Å². The molecule has 0 aliphatic carbocycles. The van der Waals surface area contributed by atoms with Crippen LogP contribution in [0.1, 0.15) is 30.6 Å². The van der Waals surface area contributed by atoms with Gasteiger partial charge >= 0.3 is 12.0 Å². The van der Waals surface area contributed by atoms with Gasteiger partial charge in [0.25, 0.3) is 5.91 Å². The van der Waals surface area contributed by atoms with E-state index in [2.05, 4.69) is 5.32 Å². The largest absolute Gasteiger partial charge is 0.481 e. The molecule has 2 N–H and O–H groups in total. The predicted molar refractivity (Wildman–Crippen MR) is 101 cm³/mol. The lowest BCUT2D eigenvalue weighted by Gasteiger charge is -2.25. The van der Waals surface area contributed by atoms with Crippen LogP contribution in [0.2, 0.25) is 0 Å². The van der Waals surface area contributed by atoms with E-state index in [4.69, 9.17) is 9.84 Å². The Labute approximate surface area is 159 Å². The van der Waals surface area contributed by atoms with Crippen LogP contribution < -0.4 is 10.2 Å². The molecule has 3 amide bonds. The van der Waals surface area contributed by atoms with Crippen molar-refractivity contribution in [1.82, 2.24) is 10.2 Å². The fraction of sp³-hybridized carbons (Fsp3) is 0.526. The van der Waals surface area contributed by atoms with Crippen molar-refractivity contribution in [3.8, 4) is 0 Å². The van der Waals surface area contributed by atoms with E-state index in [0.29, 0.717) is 44.8 Å². The topological polar surface area (TPSA) is 99.2 Å². The number of nitrogens with one attached hydrogen (secondary N) is 1. The summed E-state index contributed by atoms with van der Waals surface area (Å²) in [6.07, 6.45) is 0.637. The summed E-state index contributed by atoms with van der Waals surface area (Å²) in [5.74, 6) is -1.82. The van der Waals surface area contributed by atoms with E-state index in [9.17, 15) is 14.4 Å². The van der Waals surface area contributed by atoms with Crippen LogP contribution in [0.15, 0.2) is 24.3 Å². The minimum atomic E-state index is -0.937. The second kappa shape index (κ2) is 9.91. The molecule has 0 bridgehead atoms. The number of anilines is 1. The van der Waals surface area contributed by atoms with Gasteiger partial charge in [0.1, 0.15) is 0 Å². The molecule has 8 nitrogen and oxygen atoms in total. The first-order valence-corrected chi connectivity index (χ1v) is 9.19. The summed E-state index contributed by atoms with van der Waals surface area (Å²) in [6.45, 7) is 6.35. The molecule has 8 heteroatoms. The van der Waals surface area contributed by atoms with E-state index in [1.54, 1.807) is 41.0 Å². The quantitative estimate of drug-likeness (QED) is 0.606. The number of carbonyl (C=O) groups is 3. The fourth-order valence-electron chi connectivity index (χ4n) is 2.87. The highest BCUT2D eigenvalue weighted by molar-refractivity contribution is 5.97. The van der Waals surface area contributed by atoms with Gasteiger partial charge in [0, 0.05) is 50.6 Å². The van der Waals surface area contributed by atoms with Crippen LogP contribution in [-0.4, -0.2) is 67.3 Å². The van der Waals surface area contributed by atoms with Gasteiger partial charge < -0.3 is 20.1 Å². The molecule has 2 rings (SSSR count). The second-order valence-electron chi connectivity index (χ2n) is 6.47. The third-order valence-electron chi connectivity index (χ3n) is 4.41. The Morgan fingerprint density at radius 2 is 2.04 bits per heavy atom. The average molecular weight is 377 g/mol. The van der Waals surface area contributed by atoms with E-state index >= 15 is 0 Å². The molecule has 1 saturated heterocycles. The predicted octanol–water partition coefficient (Wildman–Crippen LogP) is 1.81. The number of carboxylic acids is 1. The molecule has 148 valence electrons. The molecule has 1 unspecified atom stereocenters. The maximum atomic E-state index is 12.9. The van der Waals surface area contributed by atoms with E-state index < -0.39 is 11.9 Å². The standard InChI is InChI=1S/C19H27N3O5/c1-3-27-12-4-10-21(13-14(2)18(24)25)17(23)15-5-7-16(8-6-15)22-11-9-20-19(22)26/h5-8,14H,3-4,9-13H2,1-2H3,(H,20,26)(H,24,25). The number of hydrogen-bond donors (Lipinski definition) is 2. The zero-order valence-electron chi connectivity index (χ0n) is 15.8. The Kier molecular flexibility index (Phi) is 7.60. The van der Waals surface area contributed by atoms with Crippen LogP contribution >= 0.6 is 0 Å². The second-order valence-corrected chi connectivity index (χ2v) is 6.47. The van der Waals surface area contributed by atoms with Crippen molar-refractivity contribution in [2.75, 3.05) is 44.3 Å². The number of urea groups is 1. The van der Waals surface area contributed by atoms with Gasteiger partial charge in [0.05, 0.1) is 5.92 Å². The zero-order valence-corrected chi connectivity index (χ0v) is 15.8. The van der Waals surface area contributed by atoms with Gasteiger partial charge in [-0.25, -0.2) is 4.79 Å².